The van der Waals surface area contributed by atoms with E-state index >= 15 is 0 Å². The third-order valence-corrected chi connectivity index (χ3v) is 5.87. The molecule has 1 atom stereocenters. The van der Waals surface area contributed by atoms with Gasteiger partial charge < -0.3 is 26.0 Å². The summed E-state index contributed by atoms with van der Waals surface area (Å²) in [7, 11) is 0. The van der Waals surface area contributed by atoms with Crippen molar-refractivity contribution in [1.29, 1.82) is 0 Å². The molecule has 0 radical (unpaired) electrons. The Morgan fingerprint density at radius 2 is 1.85 bits per heavy atom. The fraction of sp³-hybridized carbons (Fsp3) is 0.348. The number of pyridine rings is 1. The van der Waals surface area contributed by atoms with Gasteiger partial charge in [-0.1, -0.05) is 0 Å². The number of aliphatic hydroxyl groups excluding tert-OH is 2. The van der Waals surface area contributed by atoms with Crippen LogP contribution in [0.25, 0.3) is 10.8 Å². The molecule has 1 aromatic heterocycles. The number of anilines is 1. The molecule has 1 saturated carbocycles. The molecular formula is C23H22F5N3O3. The van der Waals surface area contributed by atoms with Gasteiger partial charge in [-0.25, -0.2) is 13.8 Å². The van der Waals surface area contributed by atoms with Crippen LogP contribution >= 0.6 is 0 Å². The van der Waals surface area contributed by atoms with Gasteiger partial charge in [-0.2, -0.15) is 13.2 Å². The minimum atomic E-state index is -4.82. The topological polar surface area (TPSA) is 101 Å². The van der Waals surface area contributed by atoms with Crippen LogP contribution in [0.2, 0.25) is 0 Å². The third-order valence-electron chi connectivity index (χ3n) is 5.87. The molecule has 2 aromatic carbocycles. The molecule has 0 saturated heterocycles. The lowest BCUT2D eigenvalue weighted by Crippen LogP contribution is -2.46. The maximum Gasteiger partial charge on any atom is 0.419 e. The van der Waals surface area contributed by atoms with E-state index in [1.165, 1.54) is 12.3 Å². The average molecular weight is 483 g/mol. The Bertz CT molecular complexity index is 1200. The number of nitrogens with two attached hydrogens (primary N) is 1. The van der Waals surface area contributed by atoms with Gasteiger partial charge in [0.2, 0.25) is 0 Å². The highest BCUT2D eigenvalue weighted by Gasteiger charge is 2.36. The molecule has 0 amide bonds. The van der Waals surface area contributed by atoms with Crippen LogP contribution in [0, 0.1) is 11.6 Å². The molecule has 11 heteroatoms. The highest BCUT2D eigenvalue weighted by Crippen LogP contribution is 2.35. The lowest BCUT2D eigenvalue weighted by atomic mass is 9.88. The number of aliphatic hydroxyl groups is 2. The summed E-state index contributed by atoms with van der Waals surface area (Å²) in [6.45, 7) is -0.466. The molecule has 1 aliphatic carbocycles. The second-order valence-corrected chi connectivity index (χ2v) is 8.21. The van der Waals surface area contributed by atoms with E-state index in [0.29, 0.717) is 35.2 Å². The number of halogens is 5. The van der Waals surface area contributed by atoms with Crippen molar-refractivity contribution < 1.29 is 36.9 Å². The van der Waals surface area contributed by atoms with E-state index in [-0.39, 0.29) is 35.8 Å². The number of benzene rings is 2. The summed E-state index contributed by atoms with van der Waals surface area (Å²) in [5, 5.41) is 23.4. The first kappa shape index (κ1) is 24.1. The highest BCUT2D eigenvalue weighted by atomic mass is 19.4. The second kappa shape index (κ2) is 9.32. The quantitative estimate of drug-likeness (QED) is 0.381. The predicted molar refractivity (Wildman–Crippen MR) is 114 cm³/mol. The van der Waals surface area contributed by atoms with Gasteiger partial charge in [-0.05, 0) is 54.1 Å². The summed E-state index contributed by atoms with van der Waals surface area (Å²) in [5.41, 5.74) is 4.87. The third kappa shape index (κ3) is 4.91. The van der Waals surface area contributed by atoms with Gasteiger partial charge in [0.1, 0.15) is 35.4 Å². The van der Waals surface area contributed by atoms with Crippen LogP contribution in [0.3, 0.4) is 0 Å². The van der Waals surface area contributed by atoms with E-state index in [1.807, 2.05) is 0 Å². The Labute approximate surface area is 191 Å². The monoisotopic (exact) mass is 483 g/mol. The Kier molecular flexibility index (Phi) is 6.61. The van der Waals surface area contributed by atoms with Crippen molar-refractivity contribution in [3.05, 3.63) is 64.9 Å². The largest absolute Gasteiger partial charge is 0.490 e. The van der Waals surface area contributed by atoms with Crippen LogP contribution in [0.4, 0.5) is 27.8 Å². The van der Waals surface area contributed by atoms with E-state index < -0.39 is 36.1 Å². The van der Waals surface area contributed by atoms with Crippen molar-refractivity contribution in [2.75, 3.05) is 12.3 Å². The van der Waals surface area contributed by atoms with E-state index in [0.717, 1.165) is 18.2 Å². The number of hydrogen-bond donors (Lipinski definition) is 4. The van der Waals surface area contributed by atoms with Crippen LogP contribution in [0.5, 0.6) is 5.75 Å². The molecule has 0 bridgehead atoms. The molecule has 1 heterocycles. The SMILES string of the molecule is Nc1cc2c(CN[C@H]3C[C@H](Oc4ccc(F)c(C(F)(F)F)c4)C3)c(F)cc(C(O)CO)c2cn1. The van der Waals surface area contributed by atoms with Crippen molar-refractivity contribution in [1.82, 2.24) is 10.3 Å². The molecule has 0 spiro atoms. The Balaban J connectivity index is 1.42. The zero-order valence-corrected chi connectivity index (χ0v) is 17.7. The van der Waals surface area contributed by atoms with E-state index in [4.69, 9.17) is 10.5 Å². The van der Waals surface area contributed by atoms with Crippen LogP contribution in [-0.4, -0.2) is 33.9 Å². The predicted octanol–water partition coefficient (Wildman–Crippen LogP) is 3.84. The smallest absolute Gasteiger partial charge is 0.419 e. The Morgan fingerprint density at radius 1 is 1.12 bits per heavy atom. The zero-order valence-electron chi connectivity index (χ0n) is 17.7. The molecule has 0 aliphatic heterocycles. The first-order valence-corrected chi connectivity index (χ1v) is 10.5. The number of nitrogens with zero attached hydrogens (tertiary/aromatic N) is 1. The summed E-state index contributed by atoms with van der Waals surface area (Å²) in [4.78, 5) is 3.99. The molecule has 3 aromatic rings. The molecule has 182 valence electrons. The fourth-order valence-corrected chi connectivity index (χ4v) is 4.00. The molecule has 1 unspecified atom stereocenters. The van der Waals surface area contributed by atoms with E-state index in [9.17, 15) is 32.2 Å². The van der Waals surface area contributed by atoms with Crippen LogP contribution in [-0.2, 0) is 12.7 Å². The summed E-state index contributed by atoms with van der Waals surface area (Å²) in [6, 6.07) is 5.06. The lowest BCUT2D eigenvalue weighted by Gasteiger charge is -2.36. The van der Waals surface area contributed by atoms with Crippen LogP contribution in [0.15, 0.2) is 36.5 Å². The number of nitrogens with one attached hydrogen (secondary N) is 1. The maximum absolute atomic E-state index is 14.9. The second-order valence-electron chi connectivity index (χ2n) is 8.21. The number of alkyl halides is 3. The number of rotatable bonds is 7. The van der Waals surface area contributed by atoms with Gasteiger partial charge in [-0.15, -0.1) is 0 Å². The van der Waals surface area contributed by atoms with Gasteiger partial charge in [0.05, 0.1) is 12.2 Å². The Morgan fingerprint density at radius 3 is 2.53 bits per heavy atom. The van der Waals surface area contributed by atoms with Gasteiger partial charge in [0, 0.05) is 29.7 Å². The standard InChI is InChI=1S/C23H22F5N3O3/c24-19-2-1-12(5-18(19)23(26,27)28)34-13-3-11(4-13)30-9-17-14-7-22(29)31-8-16(14)15(6-20(17)25)21(33)10-32/h1-2,5-8,11,13,21,30,32-33H,3-4,9-10H2,(H2,29,31)/t11-,13-,21?. The molecule has 5 N–H and O–H groups in total. The zero-order chi connectivity index (χ0) is 24.6. The van der Waals surface area contributed by atoms with Gasteiger partial charge in [0.15, 0.2) is 0 Å². The maximum atomic E-state index is 14.9. The highest BCUT2D eigenvalue weighted by molar-refractivity contribution is 5.90. The summed E-state index contributed by atoms with van der Waals surface area (Å²) < 4.78 is 72.4. The van der Waals surface area contributed by atoms with Gasteiger partial charge in [-0.3, -0.25) is 0 Å². The number of hydrogen-bond acceptors (Lipinski definition) is 6. The van der Waals surface area contributed by atoms with Crippen molar-refractivity contribution in [2.24, 2.45) is 0 Å². The van der Waals surface area contributed by atoms with Gasteiger partial charge in [0.25, 0.3) is 0 Å². The van der Waals surface area contributed by atoms with Crippen molar-refractivity contribution in [3.63, 3.8) is 0 Å². The van der Waals surface area contributed by atoms with E-state index in [1.54, 1.807) is 0 Å². The molecule has 1 fully saturated rings. The van der Waals surface area contributed by atoms with Crippen molar-refractivity contribution in [2.45, 2.75) is 43.8 Å². The molecule has 4 rings (SSSR count). The number of fused-ring (bicyclic) bond motifs is 1. The number of ether oxygens (including phenoxy) is 1. The molecule has 6 nitrogen and oxygen atoms in total. The normalized spacial score (nSPS) is 19.1. The minimum Gasteiger partial charge on any atom is -0.490 e. The number of nitrogen functional groups attached to an aromatic ring is 1. The van der Waals surface area contributed by atoms with Crippen molar-refractivity contribution in [3.8, 4) is 5.75 Å². The molecule has 1 aliphatic rings. The first-order valence-electron chi connectivity index (χ1n) is 10.5. The van der Waals surface area contributed by atoms with Gasteiger partial charge >= 0.3 is 6.18 Å². The summed E-state index contributed by atoms with van der Waals surface area (Å²) >= 11 is 0. The minimum absolute atomic E-state index is 0.0739. The lowest BCUT2D eigenvalue weighted by molar-refractivity contribution is -0.140. The molecule has 34 heavy (non-hydrogen) atoms. The van der Waals surface area contributed by atoms with E-state index in [2.05, 4.69) is 10.3 Å². The number of aromatic nitrogens is 1. The molecular weight excluding hydrogens is 461 g/mol. The first-order chi connectivity index (χ1) is 16.1. The Hall–Kier alpha value is -3.02. The van der Waals surface area contributed by atoms with Crippen molar-refractivity contribution >= 4 is 16.6 Å². The summed E-state index contributed by atoms with van der Waals surface area (Å²) in [5.74, 6) is -1.87. The fourth-order valence-electron chi connectivity index (χ4n) is 4.00. The average Bonchev–Trinajstić information content (AvgIpc) is 2.75. The summed E-state index contributed by atoms with van der Waals surface area (Å²) in [6.07, 6.45) is -4.13. The van der Waals surface area contributed by atoms with Crippen LogP contribution < -0.4 is 15.8 Å². The van der Waals surface area contributed by atoms with Crippen LogP contribution in [0.1, 0.15) is 35.6 Å².